The Balaban J connectivity index is 2.51. The number of esters is 1. The molecule has 0 aromatic rings. The highest BCUT2D eigenvalue weighted by Gasteiger charge is 2.48. The molecule has 0 aromatic carbocycles. The van der Waals surface area contributed by atoms with Crippen molar-refractivity contribution in [1.29, 1.82) is 0 Å². The second-order valence-electron chi connectivity index (χ2n) is 11.6. The van der Waals surface area contributed by atoms with Crippen LogP contribution in [0.5, 0.6) is 0 Å². The highest BCUT2D eigenvalue weighted by molar-refractivity contribution is 9.11. The summed E-state index contributed by atoms with van der Waals surface area (Å²) in [6.45, 7) is 13.3. The largest absolute Gasteiger partial charge is 0.461 e. The van der Waals surface area contributed by atoms with Gasteiger partial charge in [-0.3, -0.25) is 4.79 Å². The third-order valence-electron chi connectivity index (χ3n) is 7.67. The van der Waals surface area contributed by atoms with Crippen LogP contribution in [0.2, 0.25) is 18.1 Å². The first-order valence-corrected chi connectivity index (χ1v) is 17.6. The number of hydrogen-bond acceptors (Lipinski definition) is 8. The molecule has 0 radical (unpaired) electrons. The number of cyclic esters (lactones) is 1. The zero-order valence-electron chi connectivity index (χ0n) is 25.6. The number of methoxy groups -OCH3 is 3. The Morgan fingerprint density at radius 3 is 2.27 bits per heavy atom. The molecule has 2 heterocycles. The number of hydrogen-bond donors (Lipinski definition) is 0. The van der Waals surface area contributed by atoms with Crippen molar-refractivity contribution in [2.75, 3.05) is 27.9 Å². The van der Waals surface area contributed by atoms with Gasteiger partial charge < -0.3 is 32.8 Å². The van der Waals surface area contributed by atoms with E-state index in [4.69, 9.17) is 32.8 Å². The lowest BCUT2D eigenvalue weighted by Crippen LogP contribution is -2.60. The van der Waals surface area contributed by atoms with Crippen LogP contribution in [0.25, 0.3) is 0 Å². The minimum atomic E-state index is -2.22. The molecule has 7 atom stereocenters. The molecule has 40 heavy (non-hydrogen) atoms. The van der Waals surface area contributed by atoms with E-state index in [1.54, 1.807) is 27.4 Å². The van der Waals surface area contributed by atoms with Crippen molar-refractivity contribution in [2.24, 2.45) is 0 Å². The van der Waals surface area contributed by atoms with Crippen LogP contribution in [0.4, 0.5) is 0 Å². The molecule has 0 spiro atoms. The topological polar surface area (TPSA) is 81.7 Å². The average Bonchev–Trinajstić information content (AvgIpc) is 2.87. The quantitative estimate of drug-likeness (QED) is 0.183. The van der Waals surface area contributed by atoms with Gasteiger partial charge in [-0.05, 0) is 56.1 Å². The summed E-state index contributed by atoms with van der Waals surface area (Å²) in [6, 6.07) is 0. The molecule has 2 rings (SSSR count). The molecule has 0 amide bonds. The van der Waals surface area contributed by atoms with E-state index in [1.165, 1.54) is 0 Å². The first kappa shape index (κ1) is 35.1. The standard InChI is InChI=1S/C30H49BrO8Si/c1-21-26(33-5)27(34-6)28(35-7)29(37-21)38-23-17-13-10-14-18-25(32)36-19-15-11-12-16-22(31)20-24(23)39-40(8,9)30(2,3)4/h10-13,15-16,20-21,23-24,26-29H,14,17-19H2,1-9H3/b13-10+,15-11-,16-12+,22-20-/t21-,23-,24+,26-,27+,28+,29-/m0/s1. The highest BCUT2D eigenvalue weighted by Crippen LogP contribution is 2.39. The number of halogens is 1. The van der Waals surface area contributed by atoms with E-state index in [1.807, 2.05) is 37.3 Å². The SMILES string of the molecule is CO[C@@H]1[C@@H](OC)[C@H](C)O[C@@H](O[C@H]2C/C=C/CCC(=O)OC\C=C/C=C/C(Br)=C/[C@H]2O[Si](C)(C)C(C)(C)C)[C@@H]1OC. The molecule has 8 nitrogen and oxygen atoms in total. The van der Waals surface area contributed by atoms with Gasteiger partial charge in [0.15, 0.2) is 14.6 Å². The summed E-state index contributed by atoms with van der Waals surface area (Å²) in [5.74, 6) is -0.232. The maximum absolute atomic E-state index is 12.1. The van der Waals surface area contributed by atoms with E-state index >= 15 is 0 Å². The van der Waals surface area contributed by atoms with E-state index in [0.717, 1.165) is 4.48 Å². The maximum atomic E-state index is 12.1. The number of allylic oxidation sites excluding steroid dienone is 5. The first-order chi connectivity index (χ1) is 18.8. The van der Waals surface area contributed by atoms with Crippen molar-refractivity contribution in [2.45, 2.75) is 108 Å². The zero-order valence-corrected chi connectivity index (χ0v) is 28.1. The fourth-order valence-corrected chi connectivity index (χ4v) is 6.02. The second-order valence-corrected chi connectivity index (χ2v) is 17.3. The monoisotopic (exact) mass is 644 g/mol. The molecule has 1 saturated heterocycles. The summed E-state index contributed by atoms with van der Waals surface area (Å²) in [4.78, 5) is 12.1. The smallest absolute Gasteiger partial charge is 0.306 e. The molecule has 0 aliphatic carbocycles. The third-order valence-corrected chi connectivity index (χ3v) is 12.7. The lowest BCUT2D eigenvalue weighted by molar-refractivity contribution is -0.318. The van der Waals surface area contributed by atoms with Crippen molar-refractivity contribution in [3.63, 3.8) is 0 Å². The van der Waals surface area contributed by atoms with Crippen LogP contribution in [0, 0.1) is 0 Å². The zero-order chi connectivity index (χ0) is 29.9. The third kappa shape index (κ3) is 10.3. The molecular weight excluding hydrogens is 596 g/mol. The molecule has 1 fully saturated rings. The summed E-state index contributed by atoms with van der Waals surface area (Å²) in [6.07, 6.45) is 11.9. The Morgan fingerprint density at radius 1 is 0.975 bits per heavy atom. The fourth-order valence-electron chi connectivity index (χ4n) is 4.35. The minimum absolute atomic E-state index is 0.0142. The molecule has 0 aromatic heterocycles. The Hall–Kier alpha value is -1.11. The van der Waals surface area contributed by atoms with Crippen molar-refractivity contribution in [1.82, 2.24) is 0 Å². The van der Waals surface area contributed by atoms with Gasteiger partial charge in [0.2, 0.25) is 0 Å². The summed E-state index contributed by atoms with van der Waals surface area (Å²) in [5, 5.41) is -0.0142. The van der Waals surface area contributed by atoms with E-state index < -0.39 is 32.9 Å². The molecule has 0 bridgehead atoms. The fraction of sp³-hybridized carbons (Fsp3) is 0.700. The number of carbonyl (C=O) groups excluding carboxylic acids is 1. The van der Waals surface area contributed by atoms with Gasteiger partial charge in [-0.25, -0.2) is 0 Å². The first-order valence-electron chi connectivity index (χ1n) is 13.9. The van der Waals surface area contributed by atoms with E-state index in [-0.39, 0.29) is 35.9 Å². The molecule has 0 saturated carbocycles. The van der Waals surface area contributed by atoms with Crippen LogP contribution in [0.1, 0.15) is 47.0 Å². The number of rotatable bonds is 7. The van der Waals surface area contributed by atoms with Gasteiger partial charge in [0.05, 0.1) is 18.3 Å². The van der Waals surface area contributed by atoms with Gasteiger partial charge in [0, 0.05) is 32.2 Å². The van der Waals surface area contributed by atoms with E-state index in [9.17, 15) is 4.79 Å². The molecule has 2 aliphatic rings. The average molecular weight is 646 g/mol. The summed E-state index contributed by atoms with van der Waals surface area (Å²) in [5.41, 5.74) is 0. The van der Waals surface area contributed by atoms with Gasteiger partial charge in [-0.1, -0.05) is 61.0 Å². The lowest BCUT2D eigenvalue weighted by Gasteiger charge is -2.46. The van der Waals surface area contributed by atoms with Crippen LogP contribution in [-0.4, -0.2) is 85.1 Å². The second kappa shape index (κ2) is 16.5. The van der Waals surface area contributed by atoms with Crippen molar-refractivity contribution in [3.05, 3.63) is 47.0 Å². The van der Waals surface area contributed by atoms with Crippen LogP contribution in [-0.2, 0) is 37.6 Å². The molecule has 10 heteroatoms. The van der Waals surface area contributed by atoms with Gasteiger partial charge >= 0.3 is 5.97 Å². The normalized spacial score (nSPS) is 35.3. The summed E-state index contributed by atoms with van der Waals surface area (Å²) in [7, 11) is 2.68. The number of ether oxygens (including phenoxy) is 6. The van der Waals surface area contributed by atoms with Gasteiger partial charge in [0.25, 0.3) is 0 Å². The van der Waals surface area contributed by atoms with Gasteiger partial charge in [-0.2, -0.15) is 0 Å². The molecule has 0 N–H and O–H groups in total. The summed E-state index contributed by atoms with van der Waals surface area (Å²) < 4.78 is 43.5. The number of carbonyl (C=O) groups is 1. The minimum Gasteiger partial charge on any atom is -0.461 e. The molecule has 2 aliphatic heterocycles. The van der Waals surface area contributed by atoms with Crippen molar-refractivity contribution < 1.29 is 37.6 Å². The molecule has 228 valence electrons. The molecular formula is C30H49BrO8Si. The van der Waals surface area contributed by atoms with Crippen LogP contribution in [0.15, 0.2) is 47.0 Å². The predicted octanol–water partition coefficient (Wildman–Crippen LogP) is 6.23. The van der Waals surface area contributed by atoms with Gasteiger partial charge in [0.1, 0.15) is 24.9 Å². The van der Waals surface area contributed by atoms with E-state index in [2.05, 4.69) is 55.9 Å². The Bertz CT molecular complexity index is 910. The molecule has 0 unspecified atom stereocenters. The van der Waals surface area contributed by atoms with Crippen LogP contribution < -0.4 is 0 Å². The van der Waals surface area contributed by atoms with Crippen molar-refractivity contribution in [3.8, 4) is 0 Å². The summed E-state index contributed by atoms with van der Waals surface area (Å²) >= 11 is 3.70. The lowest BCUT2D eigenvalue weighted by atomic mass is 9.99. The Labute approximate surface area is 250 Å². The maximum Gasteiger partial charge on any atom is 0.306 e. The van der Waals surface area contributed by atoms with Crippen LogP contribution >= 0.6 is 15.9 Å². The van der Waals surface area contributed by atoms with Crippen molar-refractivity contribution >= 4 is 30.2 Å². The predicted molar refractivity (Wildman–Crippen MR) is 163 cm³/mol. The Morgan fingerprint density at radius 2 is 1.65 bits per heavy atom. The Kier molecular flexibility index (Phi) is 14.5. The van der Waals surface area contributed by atoms with Gasteiger partial charge in [-0.15, -0.1) is 0 Å². The van der Waals surface area contributed by atoms with E-state index in [0.29, 0.717) is 19.3 Å². The highest BCUT2D eigenvalue weighted by atomic mass is 79.9. The van der Waals surface area contributed by atoms with Crippen LogP contribution in [0.3, 0.4) is 0 Å².